The summed E-state index contributed by atoms with van der Waals surface area (Å²) in [6.07, 6.45) is 4.19. The van der Waals surface area contributed by atoms with Crippen LogP contribution in [0.3, 0.4) is 0 Å². The molecule has 1 aromatic carbocycles. The van der Waals surface area contributed by atoms with Gasteiger partial charge in [0.15, 0.2) is 0 Å². The average Bonchev–Trinajstić information content (AvgIpc) is 2.95. The minimum Gasteiger partial charge on any atom is -0.378 e. The van der Waals surface area contributed by atoms with Gasteiger partial charge in [-0.15, -0.1) is 0 Å². The Balaban J connectivity index is 1.64. The summed E-state index contributed by atoms with van der Waals surface area (Å²) in [6, 6.07) is 7.89. The van der Waals surface area contributed by atoms with E-state index in [4.69, 9.17) is 0 Å². The maximum absolute atomic E-state index is 12.4. The van der Waals surface area contributed by atoms with Crippen LogP contribution < -0.4 is 10.2 Å². The van der Waals surface area contributed by atoms with Gasteiger partial charge in [-0.1, -0.05) is 0 Å². The number of aryl methyl sites for hydroxylation is 1. The fourth-order valence-electron chi connectivity index (χ4n) is 2.71. The Bertz CT molecular complexity index is 630. The first kappa shape index (κ1) is 13.7. The number of benzene rings is 1. The molecular weight excluding hydrogens is 264 g/mol. The summed E-state index contributed by atoms with van der Waals surface area (Å²) in [5.74, 6) is 0.110. The number of anilines is 2. The summed E-state index contributed by atoms with van der Waals surface area (Å²) < 4.78 is 0. The number of hydrogen-bond donors (Lipinski definition) is 2. The number of nitrogens with one attached hydrogen (secondary N) is 2. The summed E-state index contributed by atoms with van der Waals surface area (Å²) in [5.41, 5.74) is 4.17. The van der Waals surface area contributed by atoms with Gasteiger partial charge in [0.05, 0.1) is 12.0 Å². The van der Waals surface area contributed by atoms with Crippen LogP contribution in [0.25, 0.3) is 0 Å². The molecule has 0 radical (unpaired) electrons. The van der Waals surface area contributed by atoms with Crippen LogP contribution in [0.4, 0.5) is 11.4 Å². The number of nitrogens with zero attached hydrogens (tertiary/aromatic N) is 2. The number of aromatic amines is 1. The average molecular weight is 284 g/mol. The third-order valence-corrected chi connectivity index (χ3v) is 4.01. The van der Waals surface area contributed by atoms with Gasteiger partial charge in [0.2, 0.25) is 5.91 Å². The van der Waals surface area contributed by atoms with E-state index in [0.29, 0.717) is 0 Å². The number of imidazole rings is 1. The lowest BCUT2D eigenvalue weighted by Crippen LogP contribution is -2.28. The van der Waals surface area contributed by atoms with Gasteiger partial charge in [-0.05, 0) is 37.1 Å². The Morgan fingerprint density at radius 2 is 2.10 bits per heavy atom. The molecule has 21 heavy (non-hydrogen) atoms. The second-order valence-corrected chi connectivity index (χ2v) is 5.70. The van der Waals surface area contributed by atoms with Crippen LogP contribution >= 0.6 is 0 Å². The van der Waals surface area contributed by atoms with E-state index in [9.17, 15) is 4.79 Å². The first-order valence-electron chi connectivity index (χ1n) is 7.23. The van der Waals surface area contributed by atoms with Gasteiger partial charge in [-0.3, -0.25) is 4.79 Å². The number of carbonyl (C=O) groups is 1. The smallest absolute Gasteiger partial charge is 0.227 e. The first-order chi connectivity index (χ1) is 10.1. The molecule has 1 atom stereocenters. The zero-order valence-electron chi connectivity index (χ0n) is 12.4. The van der Waals surface area contributed by atoms with Crippen molar-refractivity contribution in [3.8, 4) is 0 Å². The van der Waals surface area contributed by atoms with Crippen molar-refractivity contribution in [2.24, 2.45) is 5.92 Å². The van der Waals surface area contributed by atoms with Crippen LogP contribution in [0.5, 0.6) is 0 Å². The lowest BCUT2D eigenvalue weighted by molar-refractivity contribution is -0.120. The van der Waals surface area contributed by atoms with E-state index in [2.05, 4.69) is 15.3 Å². The highest BCUT2D eigenvalue weighted by Crippen LogP contribution is 2.24. The number of fused-ring (bicyclic) bond motifs is 1. The molecule has 1 amide bonds. The van der Waals surface area contributed by atoms with Crippen LogP contribution in [-0.4, -0.2) is 30.0 Å². The van der Waals surface area contributed by atoms with E-state index in [0.717, 1.165) is 42.0 Å². The highest BCUT2D eigenvalue weighted by atomic mass is 16.1. The maximum Gasteiger partial charge on any atom is 0.227 e. The van der Waals surface area contributed by atoms with Crippen LogP contribution in [0.15, 0.2) is 30.6 Å². The Morgan fingerprint density at radius 3 is 2.81 bits per heavy atom. The van der Waals surface area contributed by atoms with E-state index in [-0.39, 0.29) is 11.8 Å². The molecular formula is C16H20N4O. The summed E-state index contributed by atoms with van der Waals surface area (Å²) in [7, 11) is 4.00. The molecule has 5 heteroatoms. The predicted octanol–water partition coefficient (Wildman–Crippen LogP) is 2.22. The van der Waals surface area contributed by atoms with Crippen LogP contribution in [-0.2, 0) is 17.6 Å². The molecule has 0 aliphatic heterocycles. The van der Waals surface area contributed by atoms with Gasteiger partial charge in [0.1, 0.15) is 0 Å². The molecule has 1 aromatic heterocycles. The van der Waals surface area contributed by atoms with Crippen molar-refractivity contribution in [3.63, 3.8) is 0 Å². The third kappa shape index (κ3) is 2.91. The van der Waals surface area contributed by atoms with E-state index in [1.807, 2.05) is 43.3 Å². The molecule has 0 spiro atoms. The molecule has 3 rings (SSSR count). The monoisotopic (exact) mass is 284 g/mol. The van der Waals surface area contributed by atoms with Crippen molar-refractivity contribution in [1.29, 1.82) is 0 Å². The number of rotatable bonds is 3. The quantitative estimate of drug-likeness (QED) is 0.908. The minimum atomic E-state index is 0.0199. The van der Waals surface area contributed by atoms with Gasteiger partial charge < -0.3 is 15.2 Å². The molecule has 2 aromatic rings. The fraction of sp³-hybridized carbons (Fsp3) is 0.375. The molecule has 1 aliphatic rings. The van der Waals surface area contributed by atoms with Crippen molar-refractivity contribution in [1.82, 2.24) is 9.97 Å². The topological polar surface area (TPSA) is 61.0 Å². The summed E-state index contributed by atoms with van der Waals surface area (Å²) >= 11 is 0. The predicted molar refractivity (Wildman–Crippen MR) is 83.5 cm³/mol. The molecule has 2 N–H and O–H groups in total. The zero-order valence-corrected chi connectivity index (χ0v) is 12.4. The van der Waals surface area contributed by atoms with E-state index in [1.165, 1.54) is 0 Å². The Kier molecular flexibility index (Phi) is 3.64. The Morgan fingerprint density at radius 1 is 1.33 bits per heavy atom. The van der Waals surface area contributed by atoms with Crippen molar-refractivity contribution in [2.45, 2.75) is 19.3 Å². The summed E-state index contributed by atoms with van der Waals surface area (Å²) in [5, 5.41) is 3.01. The van der Waals surface area contributed by atoms with E-state index < -0.39 is 0 Å². The number of aromatic nitrogens is 2. The van der Waals surface area contributed by atoms with E-state index in [1.54, 1.807) is 6.33 Å². The van der Waals surface area contributed by atoms with Gasteiger partial charge in [0, 0.05) is 43.5 Å². The highest BCUT2D eigenvalue weighted by molar-refractivity contribution is 5.93. The van der Waals surface area contributed by atoms with Crippen molar-refractivity contribution < 1.29 is 4.79 Å². The molecule has 0 saturated heterocycles. The lowest BCUT2D eigenvalue weighted by atomic mass is 9.89. The normalized spacial score (nSPS) is 17.1. The number of hydrogen-bond acceptors (Lipinski definition) is 3. The fourth-order valence-corrected chi connectivity index (χ4v) is 2.71. The molecule has 1 unspecified atom stereocenters. The van der Waals surface area contributed by atoms with Crippen molar-refractivity contribution in [3.05, 3.63) is 42.0 Å². The molecule has 1 heterocycles. The SMILES string of the molecule is CN(C)c1ccc(NC(=O)C2CCc3nc[nH]c3C2)cc1. The summed E-state index contributed by atoms with van der Waals surface area (Å²) in [6.45, 7) is 0. The molecule has 0 fully saturated rings. The number of H-pyrrole nitrogens is 1. The van der Waals surface area contributed by atoms with E-state index >= 15 is 0 Å². The largest absolute Gasteiger partial charge is 0.378 e. The molecule has 1 aliphatic carbocycles. The molecule has 0 bridgehead atoms. The summed E-state index contributed by atoms with van der Waals surface area (Å²) in [4.78, 5) is 21.8. The van der Waals surface area contributed by atoms with Crippen molar-refractivity contribution >= 4 is 17.3 Å². The second-order valence-electron chi connectivity index (χ2n) is 5.70. The van der Waals surface area contributed by atoms with Gasteiger partial charge >= 0.3 is 0 Å². The minimum absolute atomic E-state index is 0.0199. The number of amides is 1. The van der Waals surface area contributed by atoms with Crippen molar-refractivity contribution in [2.75, 3.05) is 24.3 Å². The van der Waals surface area contributed by atoms with Gasteiger partial charge in [-0.2, -0.15) is 0 Å². The Hall–Kier alpha value is -2.30. The molecule has 110 valence electrons. The second kappa shape index (κ2) is 5.60. The Labute approximate surface area is 124 Å². The zero-order chi connectivity index (χ0) is 14.8. The number of carbonyl (C=O) groups excluding carboxylic acids is 1. The first-order valence-corrected chi connectivity index (χ1v) is 7.23. The standard InChI is InChI=1S/C16H20N4O/c1-20(2)13-6-4-12(5-7-13)19-16(21)11-3-8-14-15(9-11)18-10-17-14/h4-7,10-11H,3,8-9H2,1-2H3,(H,17,18)(H,19,21). The van der Waals surface area contributed by atoms with Gasteiger partial charge in [-0.25, -0.2) is 4.98 Å². The molecule has 5 nitrogen and oxygen atoms in total. The lowest BCUT2D eigenvalue weighted by Gasteiger charge is -2.21. The van der Waals surface area contributed by atoms with Crippen LogP contribution in [0.1, 0.15) is 17.8 Å². The van der Waals surface area contributed by atoms with Crippen LogP contribution in [0, 0.1) is 5.92 Å². The highest BCUT2D eigenvalue weighted by Gasteiger charge is 2.26. The van der Waals surface area contributed by atoms with Crippen LogP contribution in [0.2, 0.25) is 0 Å². The molecule has 0 saturated carbocycles. The van der Waals surface area contributed by atoms with Gasteiger partial charge in [0.25, 0.3) is 0 Å². The maximum atomic E-state index is 12.4. The third-order valence-electron chi connectivity index (χ3n) is 4.01.